The van der Waals surface area contributed by atoms with E-state index >= 15 is 0 Å². The number of halogens is 2. The monoisotopic (exact) mass is 432 g/mol. The fourth-order valence-corrected chi connectivity index (χ4v) is 2.86. The van der Waals surface area contributed by atoms with Crippen LogP contribution in [0.2, 0.25) is 0 Å². The molecule has 0 aliphatic carbocycles. The molecule has 2 rings (SSSR count). The van der Waals surface area contributed by atoms with Gasteiger partial charge in [-0.1, -0.05) is 0 Å². The molecule has 3 atom stereocenters. The van der Waals surface area contributed by atoms with Crippen LogP contribution in [0.3, 0.4) is 0 Å². The van der Waals surface area contributed by atoms with E-state index in [1.165, 1.54) is 4.57 Å². The Bertz CT molecular complexity index is 571. The summed E-state index contributed by atoms with van der Waals surface area (Å²) < 4.78 is 7.24. The van der Waals surface area contributed by atoms with Gasteiger partial charge in [0.2, 0.25) is 0 Å². The standard InChI is InChI=1S/C9H10BrIN2O5/c10-6-7(11)13(9(17)12-8(6)16)5-1-3(15)4(2-14)18-5/h3-5,14-15H,1-2H2,(H,12,16,17)/t3?,4-,5-/m0/s1. The maximum atomic E-state index is 11.8. The predicted octanol–water partition coefficient (Wildman–Crippen LogP) is -0.456. The minimum absolute atomic E-state index is 0.180. The first kappa shape index (κ1) is 14.2. The molecule has 1 unspecified atom stereocenters. The highest BCUT2D eigenvalue weighted by Gasteiger charge is 2.36. The minimum atomic E-state index is -0.839. The van der Waals surface area contributed by atoms with Gasteiger partial charge in [-0.15, -0.1) is 0 Å². The second kappa shape index (κ2) is 5.41. The Labute approximate surface area is 123 Å². The van der Waals surface area contributed by atoms with Gasteiger partial charge in [0.1, 0.15) is 20.5 Å². The number of nitrogens with one attached hydrogen (secondary N) is 1. The number of aromatic amines is 1. The Balaban J connectivity index is 2.45. The molecule has 9 heteroatoms. The fraction of sp³-hybridized carbons (Fsp3) is 0.556. The normalized spacial score (nSPS) is 27.7. The minimum Gasteiger partial charge on any atom is -0.394 e. The lowest BCUT2D eigenvalue weighted by Crippen LogP contribution is -2.35. The Morgan fingerprint density at radius 1 is 1.56 bits per heavy atom. The molecule has 1 aromatic rings. The van der Waals surface area contributed by atoms with Crippen molar-refractivity contribution in [1.29, 1.82) is 0 Å². The smallest absolute Gasteiger partial charge is 0.331 e. The first-order valence-corrected chi connectivity index (χ1v) is 6.97. The van der Waals surface area contributed by atoms with E-state index < -0.39 is 29.7 Å². The third-order valence-corrected chi connectivity index (χ3v) is 5.24. The van der Waals surface area contributed by atoms with Crippen LogP contribution in [0, 0.1) is 3.70 Å². The molecular weight excluding hydrogens is 423 g/mol. The van der Waals surface area contributed by atoms with Crippen molar-refractivity contribution in [2.45, 2.75) is 24.9 Å². The molecule has 0 spiro atoms. The molecule has 0 bridgehead atoms. The van der Waals surface area contributed by atoms with Crippen molar-refractivity contribution >= 4 is 38.5 Å². The van der Waals surface area contributed by atoms with Crippen molar-refractivity contribution < 1.29 is 14.9 Å². The molecule has 0 amide bonds. The van der Waals surface area contributed by atoms with Gasteiger partial charge in [-0.2, -0.15) is 0 Å². The SMILES string of the molecule is O=c1[nH]c(=O)n([C@@H]2CC(O)[C@H](CO)O2)c(I)c1Br. The Morgan fingerprint density at radius 3 is 2.78 bits per heavy atom. The fourth-order valence-electron chi connectivity index (χ4n) is 1.80. The third-order valence-electron chi connectivity index (χ3n) is 2.70. The summed E-state index contributed by atoms with van der Waals surface area (Å²) in [5, 5.41) is 18.6. The highest BCUT2D eigenvalue weighted by atomic mass is 127. The van der Waals surface area contributed by atoms with Crippen LogP contribution in [0.25, 0.3) is 0 Å². The van der Waals surface area contributed by atoms with Gasteiger partial charge < -0.3 is 14.9 Å². The van der Waals surface area contributed by atoms with Crippen LogP contribution in [0.5, 0.6) is 0 Å². The molecule has 1 aromatic heterocycles. The predicted molar refractivity (Wildman–Crippen MR) is 73.4 cm³/mol. The van der Waals surface area contributed by atoms with Gasteiger partial charge in [-0.25, -0.2) is 4.79 Å². The maximum absolute atomic E-state index is 11.8. The second-order valence-corrected chi connectivity index (χ2v) is 5.66. The Morgan fingerprint density at radius 2 is 2.22 bits per heavy atom. The van der Waals surface area contributed by atoms with E-state index in [1.807, 2.05) is 22.6 Å². The van der Waals surface area contributed by atoms with Crippen molar-refractivity contribution in [3.8, 4) is 0 Å². The zero-order valence-electron chi connectivity index (χ0n) is 8.97. The van der Waals surface area contributed by atoms with Gasteiger partial charge in [0.15, 0.2) is 0 Å². The van der Waals surface area contributed by atoms with E-state index in [-0.39, 0.29) is 17.5 Å². The van der Waals surface area contributed by atoms with Crippen LogP contribution in [-0.2, 0) is 4.74 Å². The molecule has 0 saturated carbocycles. The molecule has 7 nitrogen and oxygen atoms in total. The Hall–Kier alpha value is -0.230. The average molecular weight is 433 g/mol. The topological polar surface area (TPSA) is 105 Å². The summed E-state index contributed by atoms with van der Waals surface area (Å²) in [6.45, 7) is -0.326. The van der Waals surface area contributed by atoms with Gasteiger partial charge in [0.05, 0.1) is 12.7 Å². The molecular formula is C9H10BrIN2O5. The van der Waals surface area contributed by atoms with Crippen LogP contribution in [0.4, 0.5) is 0 Å². The van der Waals surface area contributed by atoms with Crippen molar-refractivity contribution in [2.75, 3.05) is 6.61 Å². The Kier molecular flexibility index (Phi) is 4.26. The van der Waals surface area contributed by atoms with E-state index in [0.717, 1.165) is 0 Å². The summed E-state index contributed by atoms with van der Waals surface area (Å²) in [6.07, 6.45) is -2.08. The molecule has 3 N–H and O–H groups in total. The number of hydrogen-bond donors (Lipinski definition) is 3. The highest BCUT2D eigenvalue weighted by Crippen LogP contribution is 2.29. The van der Waals surface area contributed by atoms with E-state index in [9.17, 15) is 14.7 Å². The van der Waals surface area contributed by atoms with Gasteiger partial charge in [0, 0.05) is 6.42 Å². The van der Waals surface area contributed by atoms with Gasteiger partial charge in [0.25, 0.3) is 5.56 Å². The zero-order valence-corrected chi connectivity index (χ0v) is 12.7. The molecule has 2 heterocycles. The van der Waals surface area contributed by atoms with Gasteiger partial charge >= 0.3 is 5.69 Å². The number of hydrogen-bond acceptors (Lipinski definition) is 5. The van der Waals surface area contributed by atoms with Crippen LogP contribution in [-0.4, -0.2) is 38.6 Å². The zero-order chi connectivity index (χ0) is 13.4. The number of ether oxygens (including phenoxy) is 1. The molecule has 0 aromatic carbocycles. The summed E-state index contributed by atoms with van der Waals surface area (Å²) >= 11 is 4.92. The number of aliphatic hydroxyl groups excluding tert-OH is 2. The van der Waals surface area contributed by atoms with Crippen molar-refractivity contribution in [2.24, 2.45) is 0 Å². The molecule has 1 aliphatic heterocycles. The number of aliphatic hydroxyl groups is 2. The first-order chi connectivity index (χ1) is 8.45. The number of nitrogens with zero attached hydrogens (tertiary/aromatic N) is 1. The van der Waals surface area contributed by atoms with E-state index in [0.29, 0.717) is 3.70 Å². The molecule has 18 heavy (non-hydrogen) atoms. The maximum Gasteiger partial charge on any atom is 0.331 e. The third kappa shape index (κ3) is 2.41. The summed E-state index contributed by atoms with van der Waals surface area (Å²) in [7, 11) is 0. The summed E-state index contributed by atoms with van der Waals surface area (Å²) in [5.41, 5.74) is -1.12. The van der Waals surface area contributed by atoms with Crippen molar-refractivity contribution in [3.05, 3.63) is 29.0 Å². The van der Waals surface area contributed by atoms with Gasteiger partial charge in [-0.05, 0) is 38.5 Å². The van der Waals surface area contributed by atoms with Crippen LogP contribution < -0.4 is 11.2 Å². The summed E-state index contributed by atoms with van der Waals surface area (Å²) in [6, 6.07) is 0. The first-order valence-electron chi connectivity index (χ1n) is 5.10. The van der Waals surface area contributed by atoms with Crippen molar-refractivity contribution in [3.63, 3.8) is 0 Å². The number of H-pyrrole nitrogens is 1. The van der Waals surface area contributed by atoms with Gasteiger partial charge in [-0.3, -0.25) is 14.3 Å². The van der Waals surface area contributed by atoms with E-state index in [4.69, 9.17) is 9.84 Å². The van der Waals surface area contributed by atoms with Crippen LogP contribution in [0.15, 0.2) is 14.1 Å². The van der Waals surface area contributed by atoms with Crippen LogP contribution >= 0.6 is 38.5 Å². The number of rotatable bonds is 2. The summed E-state index contributed by atoms with van der Waals surface area (Å²) in [5.74, 6) is 0. The molecule has 0 radical (unpaired) electrons. The average Bonchev–Trinajstić information content (AvgIpc) is 2.67. The lowest BCUT2D eigenvalue weighted by atomic mass is 10.2. The molecule has 1 aliphatic rings. The van der Waals surface area contributed by atoms with E-state index in [2.05, 4.69) is 20.9 Å². The molecule has 1 fully saturated rings. The number of aromatic nitrogens is 2. The quantitative estimate of drug-likeness (QED) is 0.433. The largest absolute Gasteiger partial charge is 0.394 e. The molecule has 1 saturated heterocycles. The highest BCUT2D eigenvalue weighted by molar-refractivity contribution is 14.1. The molecule has 100 valence electrons. The second-order valence-electron chi connectivity index (χ2n) is 3.85. The van der Waals surface area contributed by atoms with Crippen molar-refractivity contribution in [1.82, 2.24) is 9.55 Å². The summed E-state index contributed by atoms with van der Waals surface area (Å²) in [4.78, 5) is 25.3. The van der Waals surface area contributed by atoms with Crippen LogP contribution in [0.1, 0.15) is 12.6 Å². The lowest BCUT2D eigenvalue weighted by molar-refractivity contribution is -0.0468. The van der Waals surface area contributed by atoms with E-state index in [1.54, 1.807) is 0 Å². The lowest BCUT2D eigenvalue weighted by Gasteiger charge is -2.16.